The van der Waals surface area contributed by atoms with Crippen molar-refractivity contribution in [3.05, 3.63) is 59.7 Å². The number of aryl methyl sites for hydroxylation is 1. The van der Waals surface area contributed by atoms with Crippen molar-refractivity contribution >= 4 is 41.3 Å². The third-order valence-electron chi connectivity index (χ3n) is 7.56. The number of thioether (sulfide) groups is 1. The molecule has 258 valence electrons. The number of benzene rings is 2. The van der Waals surface area contributed by atoms with E-state index in [0.29, 0.717) is 24.2 Å². The number of phenolic OH excluding ortho intramolecular Hbond substituents is 1. The number of carboxylic acid groups (broad SMARTS) is 2. The summed E-state index contributed by atoms with van der Waals surface area (Å²) in [6, 6.07) is 10.1. The van der Waals surface area contributed by atoms with E-state index in [2.05, 4.69) is 17.6 Å². The first-order valence-electron chi connectivity index (χ1n) is 15.8. The highest BCUT2D eigenvalue weighted by atomic mass is 32.2. The summed E-state index contributed by atoms with van der Waals surface area (Å²) in [6.07, 6.45) is 3.98. The van der Waals surface area contributed by atoms with Gasteiger partial charge in [-0.15, -0.1) is 0 Å². The van der Waals surface area contributed by atoms with Crippen LogP contribution >= 0.6 is 11.8 Å². The van der Waals surface area contributed by atoms with Gasteiger partial charge >= 0.3 is 11.9 Å². The molecule has 0 spiro atoms. The third kappa shape index (κ3) is 14.9. The number of Topliss-reactive ketones (excluding diaryl/α,β-unsaturated/α-hetero) is 1. The number of aromatic hydroxyl groups is 1. The van der Waals surface area contributed by atoms with E-state index in [1.54, 1.807) is 42.5 Å². The van der Waals surface area contributed by atoms with E-state index >= 15 is 0 Å². The third-order valence-corrected chi connectivity index (χ3v) is 8.96. The van der Waals surface area contributed by atoms with E-state index in [0.717, 1.165) is 24.8 Å². The molecule has 0 saturated heterocycles. The predicted molar refractivity (Wildman–Crippen MR) is 179 cm³/mol. The van der Waals surface area contributed by atoms with Crippen molar-refractivity contribution in [2.45, 2.75) is 94.5 Å². The summed E-state index contributed by atoms with van der Waals surface area (Å²) in [5.74, 6) is -3.42. The molecular weight excluding hydrogens is 626 g/mol. The molecule has 2 amide bonds. The Kier molecular flexibility index (Phi) is 17.4. The summed E-state index contributed by atoms with van der Waals surface area (Å²) in [6.45, 7) is 2.07. The number of carboxylic acids is 2. The van der Waals surface area contributed by atoms with Gasteiger partial charge in [0.05, 0.1) is 13.2 Å². The molecule has 2 aromatic carbocycles. The Morgan fingerprint density at radius 2 is 1.60 bits per heavy atom. The van der Waals surface area contributed by atoms with Crippen LogP contribution in [0.4, 0.5) is 0 Å². The first-order chi connectivity index (χ1) is 22.4. The Bertz CT molecular complexity index is 1330. The highest BCUT2D eigenvalue weighted by Gasteiger charge is 2.29. The molecule has 0 aromatic heterocycles. The fourth-order valence-electron chi connectivity index (χ4n) is 4.81. The number of unbranched alkanes of at least 4 members (excludes halogenated alkanes) is 2. The largest absolute Gasteiger partial charge is 0.504 e. The van der Waals surface area contributed by atoms with Gasteiger partial charge in [0.2, 0.25) is 11.8 Å². The highest BCUT2D eigenvalue weighted by molar-refractivity contribution is 8.00. The average molecular weight is 674 g/mol. The second-order valence-electron chi connectivity index (χ2n) is 11.4. The predicted octanol–water partition coefficient (Wildman–Crippen LogP) is 3.46. The van der Waals surface area contributed by atoms with Crippen molar-refractivity contribution in [1.82, 2.24) is 10.6 Å². The zero-order valence-electron chi connectivity index (χ0n) is 27.0. The highest BCUT2D eigenvalue weighted by Crippen LogP contribution is 2.28. The smallest absolute Gasteiger partial charge is 0.326 e. The number of aliphatic carboxylic acids is 2. The van der Waals surface area contributed by atoms with Gasteiger partial charge in [-0.05, 0) is 42.5 Å². The Morgan fingerprint density at radius 3 is 2.23 bits per heavy atom. The molecule has 0 heterocycles. The van der Waals surface area contributed by atoms with Gasteiger partial charge in [-0.3, -0.25) is 19.2 Å². The summed E-state index contributed by atoms with van der Waals surface area (Å²) in [7, 11) is 1.45. The van der Waals surface area contributed by atoms with E-state index in [1.165, 1.54) is 24.9 Å². The number of ether oxygens (including phenoxy) is 1. The first-order valence-corrected chi connectivity index (χ1v) is 16.8. The number of carbonyl (C=O) groups is 5. The van der Waals surface area contributed by atoms with Gasteiger partial charge in [0.1, 0.15) is 17.9 Å². The second kappa shape index (κ2) is 20.9. The van der Waals surface area contributed by atoms with Crippen molar-refractivity contribution in [2.75, 3.05) is 12.9 Å². The van der Waals surface area contributed by atoms with Crippen molar-refractivity contribution in [1.29, 1.82) is 0 Å². The lowest BCUT2D eigenvalue weighted by molar-refractivity contribution is -0.142. The van der Waals surface area contributed by atoms with Crippen molar-refractivity contribution in [3.63, 3.8) is 0 Å². The number of nitrogens with two attached hydrogens (primary N) is 1. The number of ketones is 1. The van der Waals surface area contributed by atoms with E-state index < -0.39 is 41.9 Å². The van der Waals surface area contributed by atoms with Crippen LogP contribution < -0.4 is 21.1 Å². The standard InChI is InChI=1S/C34H47N3O9S/c1-3-4-6-11-25(20-24(38)14-12-23-13-16-29(39)30(19-23)46-2)47-21-28(37-32(42)26(35)15-17-31(40)41)33(43)36-27(34(44)45)18-22-9-7-5-8-10-22/h5,7-10,13,16,19,25-28,39H,3-4,6,11-12,14-15,17-18,20-21,35H2,1-2H3,(H,36,43)(H,37,42)(H,40,41)(H,44,45). The molecule has 13 heteroatoms. The minimum Gasteiger partial charge on any atom is -0.504 e. The molecule has 2 rings (SSSR count). The molecule has 0 bridgehead atoms. The number of hydrogen-bond acceptors (Lipinski definition) is 9. The van der Waals surface area contributed by atoms with Gasteiger partial charge in [0.25, 0.3) is 0 Å². The monoisotopic (exact) mass is 673 g/mol. The summed E-state index contributed by atoms with van der Waals surface area (Å²) in [5, 5.41) is 33.6. The van der Waals surface area contributed by atoms with Crippen molar-refractivity contribution in [3.8, 4) is 11.5 Å². The molecule has 0 aliphatic rings. The lowest BCUT2D eigenvalue weighted by Crippen LogP contribution is -2.56. The fourth-order valence-corrected chi connectivity index (χ4v) is 6.15. The molecule has 47 heavy (non-hydrogen) atoms. The van der Waals surface area contributed by atoms with E-state index in [9.17, 15) is 34.2 Å². The summed E-state index contributed by atoms with van der Waals surface area (Å²) in [5.41, 5.74) is 7.44. The molecule has 0 radical (unpaired) electrons. The Hall–Kier alpha value is -4.10. The van der Waals surface area contributed by atoms with Crippen LogP contribution in [0.5, 0.6) is 11.5 Å². The van der Waals surface area contributed by atoms with Crippen molar-refractivity contribution in [2.24, 2.45) is 5.73 Å². The van der Waals surface area contributed by atoms with Crippen LogP contribution in [0.15, 0.2) is 48.5 Å². The van der Waals surface area contributed by atoms with Gasteiger partial charge < -0.3 is 36.4 Å². The first kappa shape index (κ1) is 39.1. The van der Waals surface area contributed by atoms with Crippen LogP contribution in [-0.2, 0) is 36.8 Å². The summed E-state index contributed by atoms with van der Waals surface area (Å²) < 4.78 is 5.15. The second-order valence-corrected chi connectivity index (χ2v) is 12.7. The van der Waals surface area contributed by atoms with E-state index in [-0.39, 0.29) is 54.6 Å². The van der Waals surface area contributed by atoms with Gasteiger partial charge in [-0.2, -0.15) is 11.8 Å². The Labute approximate surface area is 279 Å². The maximum Gasteiger partial charge on any atom is 0.326 e. The van der Waals surface area contributed by atoms with Crippen LogP contribution in [0, 0.1) is 0 Å². The normalized spacial score (nSPS) is 13.5. The fraction of sp³-hybridized carbons (Fsp3) is 0.500. The number of amides is 2. The maximum absolute atomic E-state index is 13.5. The van der Waals surface area contributed by atoms with E-state index in [1.807, 2.05) is 0 Å². The van der Waals surface area contributed by atoms with Crippen LogP contribution in [0.2, 0.25) is 0 Å². The Balaban J connectivity index is 2.16. The van der Waals surface area contributed by atoms with Crippen molar-refractivity contribution < 1.29 is 44.0 Å². The maximum atomic E-state index is 13.5. The average Bonchev–Trinajstić information content (AvgIpc) is 3.04. The Morgan fingerprint density at radius 1 is 0.894 bits per heavy atom. The molecule has 0 aliphatic carbocycles. The zero-order chi connectivity index (χ0) is 34.8. The van der Waals surface area contributed by atoms with E-state index in [4.69, 9.17) is 15.6 Å². The lowest BCUT2D eigenvalue weighted by Gasteiger charge is -2.24. The summed E-state index contributed by atoms with van der Waals surface area (Å²) in [4.78, 5) is 62.5. The van der Waals surface area contributed by atoms with Crippen LogP contribution in [0.25, 0.3) is 0 Å². The molecule has 0 saturated carbocycles. The van der Waals surface area contributed by atoms with Gasteiger partial charge in [0, 0.05) is 36.7 Å². The van der Waals surface area contributed by atoms with Gasteiger partial charge in [-0.1, -0.05) is 62.6 Å². The van der Waals surface area contributed by atoms with Gasteiger partial charge in [-0.25, -0.2) is 4.79 Å². The molecule has 4 atom stereocenters. The molecule has 2 aromatic rings. The number of carbonyl (C=O) groups excluding carboxylic acids is 3. The molecular formula is C34H47N3O9S. The molecule has 7 N–H and O–H groups in total. The quantitative estimate of drug-likeness (QED) is 0.0942. The topological polar surface area (TPSA) is 205 Å². The molecule has 12 nitrogen and oxygen atoms in total. The zero-order valence-corrected chi connectivity index (χ0v) is 27.8. The van der Waals surface area contributed by atoms with Crippen LogP contribution in [-0.4, -0.2) is 81.1 Å². The number of hydrogen-bond donors (Lipinski definition) is 6. The number of methoxy groups -OCH3 is 1. The minimum absolute atomic E-state index is 0.0122. The molecule has 4 unspecified atom stereocenters. The molecule has 0 aliphatic heterocycles. The van der Waals surface area contributed by atoms with Gasteiger partial charge in [0.15, 0.2) is 11.5 Å². The number of nitrogens with one attached hydrogen (secondary N) is 2. The number of rotatable bonds is 23. The van der Waals surface area contributed by atoms with Crippen LogP contribution in [0.1, 0.15) is 69.4 Å². The lowest BCUT2D eigenvalue weighted by atomic mass is 10.0. The van der Waals surface area contributed by atoms with Crippen LogP contribution in [0.3, 0.4) is 0 Å². The SMILES string of the molecule is CCCCCC(CC(=O)CCc1ccc(O)c(OC)c1)SCC(NC(=O)C(N)CCC(=O)O)C(=O)NC(Cc1ccccc1)C(=O)O. The minimum atomic E-state index is -1.27. The molecule has 0 fully saturated rings. The summed E-state index contributed by atoms with van der Waals surface area (Å²) >= 11 is 1.35. The number of phenols is 1.